The van der Waals surface area contributed by atoms with Crippen molar-refractivity contribution in [3.05, 3.63) is 169 Å². The van der Waals surface area contributed by atoms with Gasteiger partial charge in [0.15, 0.2) is 0 Å². The highest BCUT2D eigenvalue weighted by molar-refractivity contribution is 7.26. The number of benzene rings is 9. The maximum atomic E-state index is 6.74. The molecule has 56 heavy (non-hydrogen) atoms. The molecular formula is C53H32O2S. The number of furan rings is 2. The summed E-state index contributed by atoms with van der Waals surface area (Å²) in [7, 11) is 0. The summed E-state index contributed by atoms with van der Waals surface area (Å²) < 4.78 is 16.0. The fourth-order valence-corrected chi connectivity index (χ4v) is 11.3. The summed E-state index contributed by atoms with van der Waals surface area (Å²) in [6.07, 6.45) is 0. The summed E-state index contributed by atoms with van der Waals surface area (Å²) >= 11 is 1.85. The van der Waals surface area contributed by atoms with E-state index in [0.29, 0.717) is 0 Å². The Balaban J connectivity index is 1.03. The van der Waals surface area contributed by atoms with E-state index in [4.69, 9.17) is 8.83 Å². The molecule has 3 heterocycles. The average Bonchev–Trinajstić information content (AvgIpc) is 3.97. The summed E-state index contributed by atoms with van der Waals surface area (Å²) in [5, 5.41) is 12.1. The summed E-state index contributed by atoms with van der Waals surface area (Å²) in [6, 6.07) is 57.7. The molecule has 2 nitrogen and oxygen atoms in total. The standard InChI is InChI=1S/C53H32O2S/c1-53(2)39-17-9-7-15-35(39)49-40(53)23-24-41-50(49)36-21-19-29(27-43(36)54-41)47-31-11-3-5-13-33(31)48(34-14-6-4-12-32(34)47)30-20-22-37-44(28-30)55-42-25-26-46-52(51(37)42)38-16-8-10-18-45(38)56-46/h3-28H,1-2H3. The lowest BCUT2D eigenvalue weighted by molar-refractivity contribution is 0.656. The van der Waals surface area contributed by atoms with Gasteiger partial charge in [0.1, 0.15) is 22.3 Å². The zero-order valence-corrected chi connectivity index (χ0v) is 31.6. The quantitative estimate of drug-likeness (QED) is 0.165. The second-order valence-corrected chi connectivity index (χ2v) is 17.0. The van der Waals surface area contributed by atoms with Crippen molar-refractivity contribution in [1.82, 2.24) is 0 Å². The van der Waals surface area contributed by atoms with E-state index in [0.717, 1.165) is 44.2 Å². The molecular weight excluding hydrogens is 701 g/mol. The largest absolute Gasteiger partial charge is 0.456 e. The zero-order valence-electron chi connectivity index (χ0n) is 30.7. The van der Waals surface area contributed by atoms with Crippen LogP contribution in [0.1, 0.15) is 25.0 Å². The molecule has 0 saturated carbocycles. The molecule has 3 aromatic heterocycles. The zero-order chi connectivity index (χ0) is 36.9. The highest BCUT2D eigenvalue weighted by Gasteiger charge is 2.37. The van der Waals surface area contributed by atoms with Crippen molar-refractivity contribution in [2.24, 2.45) is 0 Å². The van der Waals surface area contributed by atoms with E-state index < -0.39 is 0 Å². The third-order valence-electron chi connectivity index (χ3n) is 12.7. The SMILES string of the molecule is CC1(C)c2ccccc2-c2c1ccc1oc3cc(-c4c5ccccc5c(-c5ccc6c(c5)oc5ccc7sc8ccccc8c7c56)c5ccccc45)ccc3c21. The first-order valence-corrected chi connectivity index (χ1v) is 20.1. The molecule has 12 aromatic rings. The molecule has 262 valence electrons. The molecule has 0 spiro atoms. The van der Waals surface area contributed by atoms with Gasteiger partial charge in [0.2, 0.25) is 0 Å². The van der Waals surface area contributed by atoms with Crippen molar-refractivity contribution in [2.75, 3.05) is 0 Å². The summed E-state index contributed by atoms with van der Waals surface area (Å²) in [5.74, 6) is 0. The van der Waals surface area contributed by atoms with Crippen LogP contribution in [0.2, 0.25) is 0 Å². The fourth-order valence-electron chi connectivity index (χ4n) is 10.2. The Morgan fingerprint density at radius 1 is 0.375 bits per heavy atom. The van der Waals surface area contributed by atoms with Crippen molar-refractivity contribution in [3.63, 3.8) is 0 Å². The van der Waals surface area contributed by atoms with Crippen molar-refractivity contribution in [2.45, 2.75) is 19.3 Å². The normalized spacial score (nSPS) is 13.7. The maximum absolute atomic E-state index is 6.74. The predicted molar refractivity (Wildman–Crippen MR) is 237 cm³/mol. The topological polar surface area (TPSA) is 26.3 Å². The van der Waals surface area contributed by atoms with Crippen LogP contribution >= 0.6 is 11.3 Å². The third-order valence-corrected chi connectivity index (χ3v) is 13.8. The lowest BCUT2D eigenvalue weighted by Gasteiger charge is -2.21. The van der Waals surface area contributed by atoms with E-state index in [1.807, 2.05) is 11.3 Å². The fraction of sp³-hybridized carbons (Fsp3) is 0.0566. The minimum atomic E-state index is -0.0659. The van der Waals surface area contributed by atoms with Gasteiger partial charge in [-0.2, -0.15) is 0 Å². The molecule has 9 aromatic carbocycles. The molecule has 0 atom stereocenters. The molecule has 3 heteroatoms. The van der Waals surface area contributed by atoms with Crippen LogP contribution in [0.25, 0.3) is 119 Å². The van der Waals surface area contributed by atoms with E-state index in [2.05, 4.69) is 172 Å². The first kappa shape index (κ1) is 30.6. The molecule has 0 N–H and O–H groups in total. The first-order chi connectivity index (χ1) is 27.5. The van der Waals surface area contributed by atoms with Crippen LogP contribution in [-0.2, 0) is 5.41 Å². The van der Waals surface area contributed by atoms with Gasteiger partial charge in [0, 0.05) is 47.1 Å². The van der Waals surface area contributed by atoms with E-state index in [1.165, 1.54) is 85.9 Å². The number of thiophene rings is 1. The Morgan fingerprint density at radius 3 is 1.57 bits per heavy atom. The molecule has 0 unspecified atom stereocenters. The maximum Gasteiger partial charge on any atom is 0.136 e. The van der Waals surface area contributed by atoms with Gasteiger partial charge in [-0.25, -0.2) is 0 Å². The Hall–Kier alpha value is -6.68. The minimum absolute atomic E-state index is 0.0659. The van der Waals surface area contributed by atoms with Gasteiger partial charge >= 0.3 is 0 Å². The van der Waals surface area contributed by atoms with E-state index in [9.17, 15) is 0 Å². The number of rotatable bonds is 2. The summed E-state index contributed by atoms with van der Waals surface area (Å²) in [5.41, 5.74) is 13.7. The first-order valence-electron chi connectivity index (χ1n) is 19.3. The van der Waals surface area contributed by atoms with Crippen molar-refractivity contribution in [3.8, 4) is 33.4 Å². The molecule has 1 aliphatic rings. The molecule has 0 fully saturated rings. The molecule has 0 bridgehead atoms. The second-order valence-electron chi connectivity index (χ2n) is 15.9. The minimum Gasteiger partial charge on any atom is -0.456 e. The van der Waals surface area contributed by atoms with Crippen LogP contribution < -0.4 is 0 Å². The van der Waals surface area contributed by atoms with Crippen LogP contribution in [0, 0.1) is 0 Å². The van der Waals surface area contributed by atoms with Crippen molar-refractivity contribution >= 4 is 96.9 Å². The van der Waals surface area contributed by atoms with Crippen LogP contribution in [0.4, 0.5) is 0 Å². The molecule has 0 radical (unpaired) electrons. The summed E-state index contributed by atoms with van der Waals surface area (Å²) in [6.45, 7) is 4.67. The van der Waals surface area contributed by atoms with Gasteiger partial charge in [-0.15, -0.1) is 11.3 Å². The van der Waals surface area contributed by atoms with Crippen molar-refractivity contribution in [1.29, 1.82) is 0 Å². The van der Waals surface area contributed by atoms with Crippen LogP contribution in [-0.4, -0.2) is 0 Å². The Bertz CT molecular complexity index is 3630. The van der Waals surface area contributed by atoms with E-state index in [1.54, 1.807) is 0 Å². The Kier molecular flexibility index (Phi) is 5.88. The highest BCUT2D eigenvalue weighted by atomic mass is 32.1. The van der Waals surface area contributed by atoms with Gasteiger partial charge in [-0.3, -0.25) is 0 Å². The highest BCUT2D eigenvalue weighted by Crippen LogP contribution is 2.53. The summed E-state index contributed by atoms with van der Waals surface area (Å²) in [4.78, 5) is 0. The third kappa shape index (κ3) is 3.90. The van der Waals surface area contributed by atoms with E-state index in [-0.39, 0.29) is 5.41 Å². The smallest absolute Gasteiger partial charge is 0.136 e. The number of hydrogen-bond donors (Lipinski definition) is 0. The Morgan fingerprint density at radius 2 is 0.911 bits per heavy atom. The lowest BCUT2D eigenvalue weighted by Crippen LogP contribution is -2.14. The van der Waals surface area contributed by atoms with Gasteiger partial charge in [0.05, 0.1) is 0 Å². The van der Waals surface area contributed by atoms with Crippen LogP contribution in [0.5, 0.6) is 0 Å². The molecule has 13 rings (SSSR count). The monoisotopic (exact) mass is 732 g/mol. The number of fused-ring (bicyclic) bond motifs is 16. The molecule has 0 aliphatic heterocycles. The molecule has 0 amide bonds. The van der Waals surface area contributed by atoms with Gasteiger partial charge in [0.25, 0.3) is 0 Å². The van der Waals surface area contributed by atoms with Crippen molar-refractivity contribution < 1.29 is 8.83 Å². The van der Waals surface area contributed by atoms with Gasteiger partial charge in [-0.1, -0.05) is 123 Å². The average molecular weight is 733 g/mol. The predicted octanol–water partition coefficient (Wildman–Crippen LogP) is 15.8. The second kappa shape index (κ2) is 10.8. The van der Waals surface area contributed by atoms with Gasteiger partial charge < -0.3 is 8.83 Å². The van der Waals surface area contributed by atoms with Crippen LogP contribution in [0.3, 0.4) is 0 Å². The molecule has 0 saturated heterocycles. The lowest BCUT2D eigenvalue weighted by atomic mass is 9.82. The van der Waals surface area contributed by atoms with Crippen LogP contribution in [0.15, 0.2) is 167 Å². The van der Waals surface area contributed by atoms with E-state index >= 15 is 0 Å². The van der Waals surface area contributed by atoms with Gasteiger partial charge in [-0.05, 0) is 115 Å². The Labute approximate surface area is 325 Å². The number of hydrogen-bond acceptors (Lipinski definition) is 3. The molecule has 1 aliphatic carbocycles.